The van der Waals surface area contributed by atoms with Crippen LogP contribution in [-0.2, 0) is 11.2 Å². The van der Waals surface area contributed by atoms with Gasteiger partial charge in [-0.3, -0.25) is 9.59 Å². The van der Waals surface area contributed by atoms with E-state index in [1.165, 1.54) is 19.4 Å². The lowest BCUT2D eigenvalue weighted by Gasteiger charge is -2.22. The molecule has 0 spiro atoms. The van der Waals surface area contributed by atoms with E-state index in [0.29, 0.717) is 11.3 Å². The second-order valence-corrected chi connectivity index (χ2v) is 9.18. The number of methoxy groups -OCH3 is 1. The highest BCUT2D eigenvalue weighted by atomic mass is 35.5. The fraction of sp³-hybridized carbons (Fsp3) is 0.222. The number of halogens is 4. The maximum absolute atomic E-state index is 14.0. The number of ether oxygens (including phenoxy) is 1. The molecular weight excluding hydrogens is 523 g/mol. The highest BCUT2D eigenvalue weighted by Crippen LogP contribution is 2.29. The van der Waals surface area contributed by atoms with Gasteiger partial charge in [0.25, 0.3) is 5.56 Å². The van der Waals surface area contributed by atoms with Crippen molar-refractivity contribution in [2.45, 2.75) is 32.2 Å². The van der Waals surface area contributed by atoms with Crippen molar-refractivity contribution < 1.29 is 27.8 Å². The van der Waals surface area contributed by atoms with Gasteiger partial charge in [-0.2, -0.15) is 0 Å². The van der Waals surface area contributed by atoms with Crippen LogP contribution in [0.4, 0.5) is 13.2 Å². The van der Waals surface area contributed by atoms with Gasteiger partial charge in [0, 0.05) is 30.8 Å². The zero-order valence-corrected chi connectivity index (χ0v) is 21.2. The number of carbonyl (C=O) groups is 1. The van der Waals surface area contributed by atoms with Crippen molar-refractivity contribution in [1.82, 2.24) is 14.1 Å². The van der Waals surface area contributed by atoms with E-state index in [-0.39, 0.29) is 29.0 Å². The number of pyridine rings is 1. The largest absolute Gasteiger partial charge is 0.495 e. The Labute approximate surface area is 220 Å². The van der Waals surface area contributed by atoms with Gasteiger partial charge < -0.3 is 19.0 Å². The average Bonchev–Trinajstić information content (AvgIpc) is 3.30. The predicted octanol–water partition coefficient (Wildman–Crippen LogP) is 5.47. The highest BCUT2D eigenvalue weighted by Gasteiger charge is 2.23. The Kier molecular flexibility index (Phi) is 7.91. The van der Waals surface area contributed by atoms with Gasteiger partial charge in [-0.05, 0) is 54.8 Å². The molecule has 0 aliphatic heterocycles. The Balaban J connectivity index is 1.75. The Bertz CT molecular complexity index is 1540. The van der Waals surface area contributed by atoms with E-state index >= 15 is 0 Å². The molecule has 0 saturated carbocycles. The summed E-state index contributed by atoms with van der Waals surface area (Å²) in [6.45, 7) is 1.86. The first-order chi connectivity index (χ1) is 18.1. The summed E-state index contributed by atoms with van der Waals surface area (Å²) in [4.78, 5) is 29.0. The van der Waals surface area contributed by atoms with E-state index in [1.807, 2.05) is 25.3 Å². The van der Waals surface area contributed by atoms with Crippen LogP contribution in [0, 0.1) is 24.4 Å². The van der Waals surface area contributed by atoms with E-state index < -0.39 is 41.4 Å². The summed E-state index contributed by atoms with van der Waals surface area (Å²) in [6.07, 6.45) is 4.30. The number of carboxylic acid groups (broad SMARTS) is 1. The summed E-state index contributed by atoms with van der Waals surface area (Å²) in [5.41, 5.74) is 1.91. The first-order valence-corrected chi connectivity index (χ1v) is 11.9. The predicted molar refractivity (Wildman–Crippen MR) is 135 cm³/mol. The van der Waals surface area contributed by atoms with Crippen LogP contribution in [0.3, 0.4) is 0 Å². The number of hydrogen-bond acceptors (Lipinski definition) is 4. The minimum Gasteiger partial charge on any atom is -0.495 e. The normalized spacial score (nSPS) is 11.9. The maximum Gasteiger partial charge on any atom is 0.303 e. The number of carboxylic acids is 1. The number of nitrogens with zero attached hydrogens (tertiary/aromatic N) is 3. The van der Waals surface area contributed by atoms with Crippen molar-refractivity contribution in [1.29, 1.82) is 0 Å². The van der Waals surface area contributed by atoms with Crippen LogP contribution < -0.4 is 10.3 Å². The molecule has 0 saturated heterocycles. The number of hydrogen-bond donors (Lipinski definition) is 1. The van der Waals surface area contributed by atoms with Crippen LogP contribution in [0.1, 0.15) is 41.3 Å². The van der Waals surface area contributed by atoms with Gasteiger partial charge in [0.1, 0.15) is 5.75 Å². The fourth-order valence-electron chi connectivity index (χ4n) is 4.29. The quantitative estimate of drug-likeness (QED) is 0.282. The van der Waals surface area contributed by atoms with Crippen LogP contribution in [0.2, 0.25) is 5.02 Å². The molecule has 4 aromatic rings. The molecule has 2 heterocycles. The van der Waals surface area contributed by atoms with Gasteiger partial charge in [-0.15, -0.1) is 0 Å². The molecule has 2 aromatic carbocycles. The number of imidazole rings is 1. The van der Waals surface area contributed by atoms with Crippen LogP contribution in [-0.4, -0.2) is 32.3 Å². The molecule has 0 amide bonds. The molecule has 38 heavy (non-hydrogen) atoms. The Morgan fingerprint density at radius 3 is 2.45 bits per heavy atom. The molecule has 198 valence electrons. The minimum absolute atomic E-state index is 0.0976. The SMILES string of the molecule is COc1cc(Cc2cc(Cl)cn(C(CCC(=O)O)c3cc(F)c(F)c(F)c3)c2=O)ccc1-n1cnc(C)c1. The van der Waals surface area contributed by atoms with Crippen LogP contribution >= 0.6 is 11.6 Å². The summed E-state index contributed by atoms with van der Waals surface area (Å²) >= 11 is 6.32. The molecule has 1 N–H and O–H groups in total. The fourth-order valence-corrected chi connectivity index (χ4v) is 4.53. The lowest BCUT2D eigenvalue weighted by Crippen LogP contribution is -2.29. The molecular formula is C27H23ClF3N3O4. The van der Waals surface area contributed by atoms with Gasteiger partial charge in [-0.25, -0.2) is 18.2 Å². The Hall–Kier alpha value is -4.05. The molecule has 0 aliphatic rings. The third-order valence-corrected chi connectivity index (χ3v) is 6.28. The lowest BCUT2D eigenvalue weighted by molar-refractivity contribution is -0.137. The summed E-state index contributed by atoms with van der Waals surface area (Å²) in [5, 5.41) is 9.35. The molecule has 1 unspecified atom stereocenters. The van der Waals surface area contributed by atoms with Crippen molar-refractivity contribution in [2.24, 2.45) is 0 Å². The third-order valence-electron chi connectivity index (χ3n) is 6.07. The van der Waals surface area contributed by atoms with Crippen LogP contribution in [0.15, 0.2) is 59.9 Å². The molecule has 1 atom stereocenters. The van der Waals surface area contributed by atoms with Gasteiger partial charge in [-0.1, -0.05) is 17.7 Å². The molecule has 0 bridgehead atoms. The van der Waals surface area contributed by atoms with E-state index in [0.717, 1.165) is 28.1 Å². The molecule has 11 heteroatoms. The van der Waals surface area contributed by atoms with E-state index in [4.69, 9.17) is 16.3 Å². The van der Waals surface area contributed by atoms with Crippen LogP contribution in [0.25, 0.3) is 5.69 Å². The van der Waals surface area contributed by atoms with Gasteiger partial charge in [0.2, 0.25) is 0 Å². The van der Waals surface area contributed by atoms with Crippen molar-refractivity contribution in [3.63, 3.8) is 0 Å². The van der Waals surface area contributed by atoms with Crippen molar-refractivity contribution in [3.8, 4) is 11.4 Å². The molecule has 2 aromatic heterocycles. The second kappa shape index (κ2) is 11.1. The van der Waals surface area contributed by atoms with E-state index in [9.17, 15) is 27.9 Å². The summed E-state index contributed by atoms with van der Waals surface area (Å²) < 4.78 is 50.1. The molecule has 0 aliphatic carbocycles. The number of aryl methyl sites for hydroxylation is 1. The third kappa shape index (κ3) is 5.75. The van der Waals surface area contributed by atoms with Crippen molar-refractivity contribution >= 4 is 17.6 Å². The minimum atomic E-state index is -1.66. The van der Waals surface area contributed by atoms with E-state index in [1.54, 1.807) is 17.0 Å². The van der Waals surface area contributed by atoms with Gasteiger partial charge in [0.15, 0.2) is 17.5 Å². The summed E-state index contributed by atoms with van der Waals surface area (Å²) in [7, 11) is 1.52. The lowest BCUT2D eigenvalue weighted by atomic mass is 9.99. The van der Waals surface area contributed by atoms with Crippen molar-refractivity contribution in [3.05, 3.63) is 110 Å². The molecule has 0 fully saturated rings. The topological polar surface area (TPSA) is 86.4 Å². The molecule has 7 nitrogen and oxygen atoms in total. The Morgan fingerprint density at radius 1 is 1.13 bits per heavy atom. The van der Waals surface area contributed by atoms with Crippen molar-refractivity contribution in [2.75, 3.05) is 7.11 Å². The maximum atomic E-state index is 14.0. The highest BCUT2D eigenvalue weighted by molar-refractivity contribution is 6.30. The second-order valence-electron chi connectivity index (χ2n) is 8.75. The number of benzene rings is 2. The zero-order chi connectivity index (χ0) is 27.6. The first-order valence-electron chi connectivity index (χ1n) is 11.5. The number of rotatable bonds is 9. The monoisotopic (exact) mass is 545 g/mol. The smallest absolute Gasteiger partial charge is 0.303 e. The van der Waals surface area contributed by atoms with Gasteiger partial charge >= 0.3 is 5.97 Å². The van der Waals surface area contributed by atoms with Crippen LogP contribution in [0.5, 0.6) is 5.75 Å². The molecule has 4 rings (SSSR count). The van der Waals surface area contributed by atoms with Gasteiger partial charge in [0.05, 0.1) is 35.9 Å². The first kappa shape index (κ1) is 27.0. The summed E-state index contributed by atoms with van der Waals surface area (Å²) in [5.74, 6) is -5.19. The number of aliphatic carboxylic acids is 1. The van der Waals surface area contributed by atoms with E-state index in [2.05, 4.69) is 4.98 Å². The Morgan fingerprint density at radius 2 is 1.84 bits per heavy atom. The average molecular weight is 546 g/mol. The standard InChI is InChI=1S/C27H23ClF3N3O4/c1-15-12-33(14-32-15)23-4-3-16(8-24(23)38-2)7-18-9-19(28)13-34(27(18)37)22(5-6-25(35)36)17-10-20(29)26(31)21(30)11-17/h3-4,8-14,22H,5-7H2,1-2H3,(H,35,36). The summed E-state index contributed by atoms with van der Waals surface area (Å²) in [6, 6.07) is 7.26. The zero-order valence-electron chi connectivity index (χ0n) is 20.4. The number of aromatic nitrogens is 3. The molecule has 0 radical (unpaired) electrons.